The Hall–Kier alpha value is -1.10. The number of carbonyl (C=O) groups is 1. The standard InChI is InChI=1S/C16H23ClN2O2/c1-12(13-3-5-14(17)6-4-13)19-15(20)16(11-21-2)7-9-18-10-8-16/h3-6,12,18H,7-11H2,1-2H3,(H,19,20). The zero-order valence-electron chi connectivity index (χ0n) is 12.6. The molecule has 0 aliphatic carbocycles. The van der Waals surface area contributed by atoms with Crippen LogP contribution in [0, 0.1) is 5.41 Å². The molecule has 1 unspecified atom stereocenters. The van der Waals surface area contributed by atoms with Gasteiger partial charge in [-0.05, 0) is 50.6 Å². The van der Waals surface area contributed by atoms with Crippen LogP contribution in [-0.2, 0) is 9.53 Å². The Balaban J connectivity index is 2.05. The molecule has 1 aliphatic heterocycles. The quantitative estimate of drug-likeness (QED) is 0.878. The average molecular weight is 311 g/mol. The molecule has 0 aromatic heterocycles. The minimum absolute atomic E-state index is 0.0432. The summed E-state index contributed by atoms with van der Waals surface area (Å²) in [6, 6.07) is 7.53. The van der Waals surface area contributed by atoms with Crippen LogP contribution in [0.4, 0.5) is 0 Å². The van der Waals surface area contributed by atoms with Gasteiger partial charge in [-0.1, -0.05) is 23.7 Å². The van der Waals surface area contributed by atoms with Crippen LogP contribution in [0.15, 0.2) is 24.3 Å². The molecule has 2 rings (SSSR count). The minimum Gasteiger partial charge on any atom is -0.384 e. The minimum atomic E-state index is -0.416. The van der Waals surface area contributed by atoms with Gasteiger partial charge in [0.05, 0.1) is 18.1 Å². The van der Waals surface area contributed by atoms with E-state index >= 15 is 0 Å². The zero-order chi connectivity index (χ0) is 15.3. The van der Waals surface area contributed by atoms with Crippen molar-refractivity contribution in [1.82, 2.24) is 10.6 Å². The molecule has 0 radical (unpaired) electrons. The molecular weight excluding hydrogens is 288 g/mol. The normalized spacial score (nSPS) is 19.0. The largest absolute Gasteiger partial charge is 0.384 e. The van der Waals surface area contributed by atoms with Crippen LogP contribution in [0.3, 0.4) is 0 Å². The molecule has 1 fully saturated rings. The van der Waals surface area contributed by atoms with E-state index < -0.39 is 5.41 Å². The lowest BCUT2D eigenvalue weighted by atomic mass is 9.78. The van der Waals surface area contributed by atoms with Gasteiger partial charge in [0, 0.05) is 12.1 Å². The maximum Gasteiger partial charge on any atom is 0.229 e. The third-order valence-corrected chi connectivity index (χ3v) is 4.43. The SMILES string of the molecule is COCC1(C(=O)NC(C)c2ccc(Cl)cc2)CCNCC1. The van der Waals surface area contributed by atoms with E-state index in [1.165, 1.54) is 0 Å². The Morgan fingerprint density at radius 1 is 1.38 bits per heavy atom. The van der Waals surface area contributed by atoms with Crippen molar-refractivity contribution in [2.45, 2.75) is 25.8 Å². The average Bonchev–Trinajstić information content (AvgIpc) is 2.49. The number of hydrogen-bond acceptors (Lipinski definition) is 3. The molecule has 0 spiro atoms. The fourth-order valence-electron chi connectivity index (χ4n) is 2.80. The van der Waals surface area contributed by atoms with Crippen molar-refractivity contribution in [3.05, 3.63) is 34.9 Å². The Morgan fingerprint density at radius 2 is 2.00 bits per heavy atom. The number of piperidine rings is 1. The van der Waals surface area contributed by atoms with Crippen LogP contribution in [0.25, 0.3) is 0 Å². The van der Waals surface area contributed by atoms with Crippen LogP contribution in [-0.4, -0.2) is 32.7 Å². The number of methoxy groups -OCH3 is 1. The summed E-state index contributed by atoms with van der Waals surface area (Å²) in [5, 5.41) is 7.12. The van der Waals surface area contributed by atoms with E-state index in [9.17, 15) is 4.79 Å². The third kappa shape index (κ3) is 3.96. The van der Waals surface area contributed by atoms with Gasteiger partial charge in [0.1, 0.15) is 0 Å². The predicted octanol–water partition coefficient (Wildman–Crippen LogP) is 2.53. The molecule has 1 saturated heterocycles. The fraction of sp³-hybridized carbons (Fsp3) is 0.562. The highest BCUT2D eigenvalue weighted by molar-refractivity contribution is 6.30. The smallest absolute Gasteiger partial charge is 0.229 e. The van der Waals surface area contributed by atoms with Crippen molar-refractivity contribution in [2.75, 3.05) is 26.8 Å². The van der Waals surface area contributed by atoms with Crippen LogP contribution in [0.5, 0.6) is 0 Å². The zero-order valence-corrected chi connectivity index (χ0v) is 13.4. The van der Waals surface area contributed by atoms with Gasteiger partial charge in [-0.3, -0.25) is 4.79 Å². The van der Waals surface area contributed by atoms with E-state index in [4.69, 9.17) is 16.3 Å². The van der Waals surface area contributed by atoms with Crippen LogP contribution in [0.2, 0.25) is 5.02 Å². The second-order valence-corrected chi connectivity index (χ2v) is 6.15. The van der Waals surface area contributed by atoms with Gasteiger partial charge in [0.2, 0.25) is 5.91 Å². The van der Waals surface area contributed by atoms with E-state index in [1.807, 2.05) is 31.2 Å². The van der Waals surface area contributed by atoms with Crippen molar-refractivity contribution in [2.24, 2.45) is 5.41 Å². The van der Waals surface area contributed by atoms with Crippen molar-refractivity contribution in [1.29, 1.82) is 0 Å². The third-order valence-electron chi connectivity index (χ3n) is 4.18. The van der Waals surface area contributed by atoms with Gasteiger partial charge in [-0.25, -0.2) is 0 Å². The first kappa shape index (κ1) is 16.3. The summed E-state index contributed by atoms with van der Waals surface area (Å²) in [4.78, 5) is 12.7. The summed E-state index contributed by atoms with van der Waals surface area (Å²) in [5.74, 6) is 0.0771. The molecule has 116 valence electrons. The van der Waals surface area contributed by atoms with E-state index in [0.29, 0.717) is 11.6 Å². The first-order chi connectivity index (χ1) is 10.1. The molecule has 1 amide bonds. The Bertz CT molecular complexity index is 464. The number of nitrogens with one attached hydrogen (secondary N) is 2. The van der Waals surface area contributed by atoms with Gasteiger partial charge in [0.25, 0.3) is 0 Å². The van der Waals surface area contributed by atoms with E-state index in [-0.39, 0.29) is 11.9 Å². The lowest BCUT2D eigenvalue weighted by molar-refractivity contribution is -0.136. The van der Waals surface area contributed by atoms with Gasteiger partial charge < -0.3 is 15.4 Å². The Labute approximate surface area is 131 Å². The van der Waals surface area contributed by atoms with Gasteiger partial charge >= 0.3 is 0 Å². The van der Waals surface area contributed by atoms with Crippen molar-refractivity contribution in [3.8, 4) is 0 Å². The summed E-state index contributed by atoms with van der Waals surface area (Å²) in [5.41, 5.74) is 0.634. The molecule has 21 heavy (non-hydrogen) atoms. The molecule has 0 saturated carbocycles. The maximum absolute atomic E-state index is 12.7. The van der Waals surface area contributed by atoms with Gasteiger partial charge in [0.15, 0.2) is 0 Å². The molecule has 1 heterocycles. The highest BCUT2D eigenvalue weighted by Crippen LogP contribution is 2.30. The van der Waals surface area contributed by atoms with Crippen molar-refractivity contribution >= 4 is 17.5 Å². The number of hydrogen-bond donors (Lipinski definition) is 2. The van der Waals surface area contributed by atoms with Crippen molar-refractivity contribution < 1.29 is 9.53 Å². The molecular formula is C16H23ClN2O2. The van der Waals surface area contributed by atoms with E-state index in [1.54, 1.807) is 7.11 Å². The van der Waals surface area contributed by atoms with Crippen LogP contribution in [0.1, 0.15) is 31.4 Å². The molecule has 4 nitrogen and oxygen atoms in total. The summed E-state index contributed by atoms with van der Waals surface area (Å²) >= 11 is 5.90. The van der Waals surface area contributed by atoms with E-state index in [0.717, 1.165) is 31.5 Å². The van der Waals surface area contributed by atoms with Gasteiger partial charge in [-0.2, -0.15) is 0 Å². The lowest BCUT2D eigenvalue weighted by Gasteiger charge is -2.36. The first-order valence-corrected chi connectivity index (χ1v) is 7.71. The Kier molecular flexibility index (Phi) is 5.62. The lowest BCUT2D eigenvalue weighted by Crippen LogP contribution is -2.50. The molecule has 2 N–H and O–H groups in total. The fourth-order valence-corrected chi connectivity index (χ4v) is 2.93. The molecule has 5 heteroatoms. The first-order valence-electron chi connectivity index (χ1n) is 7.33. The highest BCUT2D eigenvalue weighted by Gasteiger charge is 2.40. The number of benzene rings is 1. The second kappa shape index (κ2) is 7.25. The number of carbonyl (C=O) groups excluding carboxylic acids is 1. The highest BCUT2D eigenvalue weighted by atomic mass is 35.5. The summed E-state index contributed by atoms with van der Waals surface area (Å²) in [7, 11) is 1.65. The van der Waals surface area contributed by atoms with Crippen LogP contribution < -0.4 is 10.6 Å². The number of ether oxygens (including phenoxy) is 1. The topological polar surface area (TPSA) is 50.4 Å². The summed E-state index contributed by atoms with van der Waals surface area (Å²) in [6.07, 6.45) is 1.61. The molecule has 1 aromatic rings. The maximum atomic E-state index is 12.7. The molecule has 1 aliphatic rings. The second-order valence-electron chi connectivity index (χ2n) is 5.71. The number of halogens is 1. The summed E-state index contributed by atoms with van der Waals surface area (Å²) < 4.78 is 5.30. The molecule has 0 bridgehead atoms. The number of rotatable bonds is 5. The monoisotopic (exact) mass is 310 g/mol. The van der Waals surface area contributed by atoms with Gasteiger partial charge in [-0.15, -0.1) is 0 Å². The predicted molar refractivity (Wildman–Crippen MR) is 84.4 cm³/mol. The van der Waals surface area contributed by atoms with Crippen molar-refractivity contribution in [3.63, 3.8) is 0 Å². The van der Waals surface area contributed by atoms with Crippen LogP contribution >= 0.6 is 11.6 Å². The molecule has 1 atom stereocenters. The summed E-state index contributed by atoms with van der Waals surface area (Å²) in [6.45, 7) is 4.16. The number of amides is 1. The van der Waals surface area contributed by atoms with E-state index in [2.05, 4.69) is 10.6 Å². The Morgan fingerprint density at radius 3 is 2.57 bits per heavy atom. The molecule has 1 aromatic carbocycles.